The number of nitrogens with zero attached hydrogens (tertiary/aromatic N) is 1. The molecule has 0 saturated heterocycles. The standard InChI is InChI=1S/C16H14ClFN2O/c1-10(14-6-5-13(21-2)8-16(14)18)20-12-4-3-11(9-19)15(17)7-12/h3-8,10,20H,1-2H3. The fourth-order valence-corrected chi connectivity index (χ4v) is 2.23. The predicted molar refractivity (Wildman–Crippen MR) is 81.2 cm³/mol. The van der Waals surface area contributed by atoms with E-state index in [0.29, 0.717) is 21.9 Å². The molecule has 0 aliphatic heterocycles. The molecule has 0 aliphatic rings. The van der Waals surface area contributed by atoms with Crippen molar-refractivity contribution in [1.29, 1.82) is 5.26 Å². The van der Waals surface area contributed by atoms with Crippen molar-refractivity contribution in [2.75, 3.05) is 12.4 Å². The fraction of sp³-hybridized carbons (Fsp3) is 0.188. The summed E-state index contributed by atoms with van der Waals surface area (Å²) in [6, 6.07) is 11.5. The first-order valence-corrected chi connectivity index (χ1v) is 6.72. The summed E-state index contributed by atoms with van der Waals surface area (Å²) in [6.45, 7) is 1.84. The van der Waals surface area contributed by atoms with E-state index in [0.717, 1.165) is 5.69 Å². The molecule has 0 saturated carbocycles. The Balaban J connectivity index is 2.20. The van der Waals surface area contributed by atoms with Crippen LogP contribution in [0.1, 0.15) is 24.1 Å². The summed E-state index contributed by atoms with van der Waals surface area (Å²) in [5.74, 6) is 0.138. The lowest BCUT2D eigenvalue weighted by molar-refractivity contribution is 0.410. The van der Waals surface area contributed by atoms with E-state index >= 15 is 0 Å². The van der Waals surface area contributed by atoms with Crippen LogP contribution < -0.4 is 10.1 Å². The Labute approximate surface area is 127 Å². The van der Waals surface area contributed by atoms with E-state index in [1.807, 2.05) is 13.0 Å². The van der Waals surface area contributed by atoms with Crippen LogP contribution in [0, 0.1) is 17.1 Å². The van der Waals surface area contributed by atoms with Gasteiger partial charge in [0.2, 0.25) is 0 Å². The summed E-state index contributed by atoms with van der Waals surface area (Å²) >= 11 is 5.98. The highest BCUT2D eigenvalue weighted by atomic mass is 35.5. The van der Waals surface area contributed by atoms with Gasteiger partial charge in [0.15, 0.2) is 0 Å². The topological polar surface area (TPSA) is 45.0 Å². The van der Waals surface area contributed by atoms with Crippen molar-refractivity contribution in [1.82, 2.24) is 0 Å². The number of ether oxygens (including phenoxy) is 1. The molecule has 2 aromatic carbocycles. The SMILES string of the molecule is COc1ccc(C(C)Nc2ccc(C#N)c(Cl)c2)c(F)c1. The van der Waals surface area contributed by atoms with Crippen molar-refractivity contribution in [3.05, 3.63) is 58.4 Å². The Kier molecular flexibility index (Phi) is 4.66. The molecule has 0 heterocycles. The Morgan fingerprint density at radius 2 is 2.05 bits per heavy atom. The van der Waals surface area contributed by atoms with Gasteiger partial charge >= 0.3 is 0 Å². The van der Waals surface area contributed by atoms with Crippen molar-refractivity contribution in [3.63, 3.8) is 0 Å². The van der Waals surface area contributed by atoms with Gasteiger partial charge in [0, 0.05) is 17.3 Å². The van der Waals surface area contributed by atoms with Crippen LogP contribution in [0.25, 0.3) is 0 Å². The maximum absolute atomic E-state index is 14.0. The van der Waals surface area contributed by atoms with Gasteiger partial charge in [-0.2, -0.15) is 5.26 Å². The molecule has 5 heteroatoms. The molecule has 0 aliphatic carbocycles. The van der Waals surface area contributed by atoms with Gasteiger partial charge in [-0.3, -0.25) is 0 Å². The molecular weight excluding hydrogens is 291 g/mol. The van der Waals surface area contributed by atoms with Crippen LogP contribution in [0.5, 0.6) is 5.75 Å². The predicted octanol–water partition coefficient (Wildman–Crippen LogP) is 4.53. The van der Waals surface area contributed by atoms with Gasteiger partial charge < -0.3 is 10.1 Å². The molecule has 1 atom stereocenters. The molecule has 1 unspecified atom stereocenters. The molecule has 0 aromatic heterocycles. The fourth-order valence-electron chi connectivity index (χ4n) is 2.01. The van der Waals surface area contributed by atoms with E-state index in [1.54, 1.807) is 30.3 Å². The molecule has 21 heavy (non-hydrogen) atoms. The van der Waals surface area contributed by atoms with Crippen LogP contribution in [-0.2, 0) is 0 Å². The van der Waals surface area contributed by atoms with E-state index in [-0.39, 0.29) is 11.9 Å². The highest BCUT2D eigenvalue weighted by Crippen LogP contribution is 2.27. The molecule has 2 rings (SSSR count). The lowest BCUT2D eigenvalue weighted by Crippen LogP contribution is -2.08. The lowest BCUT2D eigenvalue weighted by atomic mass is 10.1. The number of rotatable bonds is 4. The Morgan fingerprint density at radius 3 is 2.62 bits per heavy atom. The Morgan fingerprint density at radius 1 is 1.29 bits per heavy atom. The van der Waals surface area contributed by atoms with Crippen LogP contribution in [0.4, 0.5) is 10.1 Å². The number of nitrogens with one attached hydrogen (secondary N) is 1. The largest absolute Gasteiger partial charge is 0.497 e. The smallest absolute Gasteiger partial charge is 0.132 e. The molecule has 3 nitrogen and oxygen atoms in total. The van der Waals surface area contributed by atoms with E-state index in [4.69, 9.17) is 21.6 Å². The van der Waals surface area contributed by atoms with Crippen LogP contribution in [-0.4, -0.2) is 7.11 Å². The number of benzene rings is 2. The second-order valence-corrected chi connectivity index (χ2v) is 4.97. The minimum Gasteiger partial charge on any atom is -0.497 e. The number of nitriles is 1. The van der Waals surface area contributed by atoms with E-state index in [9.17, 15) is 4.39 Å². The van der Waals surface area contributed by atoms with E-state index in [2.05, 4.69) is 5.32 Å². The summed E-state index contributed by atoms with van der Waals surface area (Å²) in [6.07, 6.45) is 0. The molecule has 1 N–H and O–H groups in total. The molecule has 0 fully saturated rings. The zero-order valence-electron chi connectivity index (χ0n) is 11.7. The van der Waals surface area contributed by atoms with E-state index in [1.165, 1.54) is 13.2 Å². The quantitative estimate of drug-likeness (QED) is 0.902. The number of anilines is 1. The first-order chi connectivity index (χ1) is 10.0. The number of halogens is 2. The monoisotopic (exact) mass is 304 g/mol. The zero-order chi connectivity index (χ0) is 15.4. The van der Waals surface area contributed by atoms with Crippen LogP contribution >= 0.6 is 11.6 Å². The average molecular weight is 305 g/mol. The van der Waals surface area contributed by atoms with Gasteiger partial charge in [-0.1, -0.05) is 17.7 Å². The van der Waals surface area contributed by atoms with Crippen LogP contribution in [0.15, 0.2) is 36.4 Å². The van der Waals surface area contributed by atoms with Gasteiger partial charge in [0.05, 0.1) is 23.7 Å². The number of hydrogen-bond donors (Lipinski definition) is 1. The molecule has 108 valence electrons. The summed E-state index contributed by atoms with van der Waals surface area (Å²) < 4.78 is 19.0. The summed E-state index contributed by atoms with van der Waals surface area (Å²) in [7, 11) is 1.49. The maximum atomic E-state index is 14.0. The molecular formula is C16H14ClFN2O. The Hall–Kier alpha value is -2.25. The molecule has 0 amide bonds. The minimum atomic E-state index is -0.339. The zero-order valence-corrected chi connectivity index (χ0v) is 12.4. The van der Waals surface area contributed by atoms with Crippen molar-refractivity contribution < 1.29 is 9.13 Å². The van der Waals surface area contributed by atoms with Crippen molar-refractivity contribution >= 4 is 17.3 Å². The molecule has 0 spiro atoms. The molecule has 2 aromatic rings. The van der Waals surface area contributed by atoms with Gasteiger partial charge in [-0.05, 0) is 31.2 Å². The first-order valence-electron chi connectivity index (χ1n) is 6.34. The normalized spacial score (nSPS) is 11.6. The van der Waals surface area contributed by atoms with Crippen molar-refractivity contribution in [2.24, 2.45) is 0 Å². The van der Waals surface area contributed by atoms with Crippen molar-refractivity contribution in [3.8, 4) is 11.8 Å². The summed E-state index contributed by atoms with van der Waals surface area (Å²) in [5.41, 5.74) is 1.66. The third-order valence-corrected chi connectivity index (χ3v) is 3.46. The first kappa shape index (κ1) is 15.1. The average Bonchev–Trinajstić information content (AvgIpc) is 2.47. The summed E-state index contributed by atoms with van der Waals surface area (Å²) in [5, 5.41) is 12.4. The molecule has 0 radical (unpaired) electrons. The van der Waals surface area contributed by atoms with Gasteiger partial charge in [-0.15, -0.1) is 0 Å². The van der Waals surface area contributed by atoms with Gasteiger partial charge in [0.25, 0.3) is 0 Å². The lowest BCUT2D eigenvalue weighted by Gasteiger charge is -2.17. The Bertz CT molecular complexity index is 697. The van der Waals surface area contributed by atoms with Gasteiger partial charge in [0.1, 0.15) is 17.6 Å². The second-order valence-electron chi connectivity index (χ2n) is 4.56. The van der Waals surface area contributed by atoms with Crippen LogP contribution in [0.2, 0.25) is 5.02 Å². The highest BCUT2D eigenvalue weighted by molar-refractivity contribution is 6.32. The maximum Gasteiger partial charge on any atom is 0.132 e. The van der Waals surface area contributed by atoms with Crippen LogP contribution in [0.3, 0.4) is 0 Å². The molecule has 0 bridgehead atoms. The second kappa shape index (κ2) is 6.47. The minimum absolute atomic E-state index is 0.250. The van der Waals surface area contributed by atoms with Crippen molar-refractivity contribution in [2.45, 2.75) is 13.0 Å². The van der Waals surface area contributed by atoms with Gasteiger partial charge in [-0.25, -0.2) is 4.39 Å². The number of methoxy groups -OCH3 is 1. The third-order valence-electron chi connectivity index (χ3n) is 3.15. The highest BCUT2D eigenvalue weighted by Gasteiger charge is 2.12. The summed E-state index contributed by atoms with van der Waals surface area (Å²) in [4.78, 5) is 0. The third kappa shape index (κ3) is 3.45. The number of hydrogen-bond acceptors (Lipinski definition) is 3. The van der Waals surface area contributed by atoms with E-state index < -0.39 is 0 Å².